The summed E-state index contributed by atoms with van der Waals surface area (Å²) in [6.45, 7) is 8.88. The van der Waals surface area contributed by atoms with Gasteiger partial charge in [-0.2, -0.15) is 0 Å². The number of nitrogens with one attached hydrogen (secondary N) is 1. The van der Waals surface area contributed by atoms with Crippen molar-refractivity contribution in [1.82, 2.24) is 10.2 Å². The van der Waals surface area contributed by atoms with Gasteiger partial charge < -0.3 is 5.32 Å². The molecule has 0 atom stereocenters. The Kier molecular flexibility index (Phi) is 6.35. The lowest BCUT2D eigenvalue weighted by Crippen LogP contribution is -2.35. The Labute approximate surface area is 122 Å². The van der Waals surface area contributed by atoms with Crippen molar-refractivity contribution in [2.24, 2.45) is 0 Å². The highest BCUT2D eigenvalue weighted by molar-refractivity contribution is 7.11. The second-order valence-electron chi connectivity index (χ2n) is 5.50. The zero-order valence-electron chi connectivity index (χ0n) is 12.5. The van der Waals surface area contributed by atoms with Crippen LogP contribution in [0.1, 0.15) is 55.7 Å². The molecule has 0 aliphatic heterocycles. The highest BCUT2D eigenvalue weighted by atomic mass is 32.1. The summed E-state index contributed by atoms with van der Waals surface area (Å²) in [4.78, 5) is 5.68. The monoisotopic (exact) mass is 280 g/mol. The summed E-state index contributed by atoms with van der Waals surface area (Å²) >= 11 is 1.98. The molecule has 3 heteroatoms. The van der Waals surface area contributed by atoms with E-state index in [-0.39, 0.29) is 0 Å². The van der Waals surface area contributed by atoms with E-state index in [1.54, 1.807) is 0 Å². The third-order valence-corrected chi connectivity index (χ3v) is 5.19. The minimum Gasteiger partial charge on any atom is -0.312 e. The molecule has 0 unspecified atom stereocenters. The molecule has 2 rings (SSSR count). The highest BCUT2D eigenvalue weighted by Gasteiger charge is 2.20. The van der Waals surface area contributed by atoms with Crippen molar-refractivity contribution in [2.45, 2.75) is 65.1 Å². The molecule has 0 aromatic carbocycles. The predicted molar refractivity (Wildman–Crippen MR) is 84.7 cm³/mol. The molecule has 0 spiro atoms. The van der Waals surface area contributed by atoms with E-state index in [1.165, 1.54) is 48.4 Å². The van der Waals surface area contributed by atoms with Crippen LogP contribution in [0.5, 0.6) is 0 Å². The van der Waals surface area contributed by atoms with E-state index >= 15 is 0 Å². The van der Waals surface area contributed by atoms with Crippen molar-refractivity contribution >= 4 is 11.3 Å². The summed E-state index contributed by atoms with van der Waals surface area (Å²) in [5.74, 6) is 0. The minimum atomic E-state index is 0.832. The molecule has 1 heterocycles. The second kappa shape index (κ2) is 8.03. The van der Waals surface area contributed by atoms with Crippen LogP contribution < -0.4 is 5.32 Å². The van der Waals surface area contributed by atoms with Crippen LogP contribution in [0, 0.1) is 0 Å². The first kappa shape index (κ1) is 15.0. The first-order valence-electron chi connectivity index (χ1n) is 7.85. The molecular weight excluding hydrogens is 252 g/mol. The van der Waals surface area contributed by atoms with Crippen LogP contribution >= 0.6 is 11.3 Å². The van der Waals surface area contributed by atoms with Gasteiger partial charge in [0.1, 0.15) is 0 Å². The quantitative estimate of drug-likeness (QED) is 0.812. The number of thiophene rings is 1. The van der Waals surface area contributed by atoms with Crippen LogP contribution in [0.25, 0.3) is 0 Å². The number of hydrogen-bond acceptors (Lipinski definition) is 3. The predicted octanol–water partition coefficient (Wildman–Crippen LogP) is 4.01. The maximum absolute atomic E-state index is 3.41. The Balaban J connectivity index is 1.88. The second-order valence-corrected chi connectivity index (χ2v) is 6.76. The van der Waals surface area contributed by atoms with Gasteiger partial charge in [0, 0.05) is 28.9 Å². The third kappa shape index (κ3) is 4.59. The fraction of sp³-hybridized carbons (Fsp3) is 0.750. The van der Waals surface area contributed by atoms with Crippen LogP contribution in [0.4, 0.5) is 0 Å². The molecule has 0 amide bonds. The van der Waals surface area contributed by atoms with E-state index in [4.69, 9.17) is 0 Å². The van der Waals surface area contributed by atoms with Crippen molar-refractivity contribution in [3.8, 4) is 0 Å². The van der Waals surface area contributed by atoms with Crippen molar-refractivity contribution < 1.29 is 0 Å². The van der Waals surface area contributed by atoms with Crippen LogP contribution in [0.15, 0.2) is 12.1 Å². The first-order valence-corrected chi connectivity index (χ1v) is 8.67. The summed E-state index contributed by atoms with van der Waals surface area (Å²) in [7, 11) is 0. The van der Waals surface area contributed by atoms with E-state index in [0.717, 1.165) is 25.7 Å². The van der Waals surface area contributed by atoms with Gasteiger partial charge in [-0.25, -0.2) is 0 Å². The Morgan fingerprint density at radius 1 is 1.16 bits per heavy atom. The van der Waals surface area contributed by atoms with Crippen LogP contribution in [-0.2, 0) is 13.1 Å². The molecule has 108 valence electrons. The normalized spacial score (nSPS) is 17.2. The van der Waals surface area contributed by atoms with Crippen molar-refractivity contribution in [1.29, 1.82) is 0 Å². The standard InChI is InChI=1S/C16H28N2S/c1-3-17-12-15-10-11-16(19-15)13-18(4-2)14-8-6-5-7-9-14/h10-11,14,17H,3-9,12-13H2,1-2H3. The maximum Gasteiger partial charge on any atom is 0.0330 e. The Hall–Kier alpha value is -0.380. The topological polar surface area (TPSA) is 15.3 Å². The van der Waals surface area contributed by atoms with Crippen LogP contribution in [0.3, 0.4) is 0 Å². The van der Waals surface area contributed by atoms with Crippen LogP contribution in [-0.4, -0.2) is 24.0 Å². The lowest BCUT2D eigenvalue weighted by molar-refractivity contribution is 0.157. The van der Waals surface area contributed by atoms with E-state index in [1.807, 2.05) is 11.3 Å². The molecule has 2 nitrogen and oxygen atoms in total. The van der Waals surface area contributed by atoms with E-state index < -0.39 is 0 Å². The van der Waals surface area contributed by atoms with E-state index in [9.17, 15) is 0 Å². The zero-order valence-corrected chi connectivity index (χ0v) is 13.3. The van der Waals surface area contributed by atoms with Gasteiger partial charge in [0.25, 0.3) is 0 Å². The molecule has 0 saturated heterocycles. The molecule has 1 N–H and O–H groups in total. The summed E-state index contributed by atoms with van der Waals surface area (Å²) in [6.07, 6.45) is 7.11. The van der Waals surface area contributed by atoms with Gasteiger partial charge in [0.15, 0.2) is 0 Å². The molecule has 1 aromatic rings. The SMILES string of the molecule is CCNCc1ccc(CN(CC)C2CCCCC2)s1. The summed E-state index contributed by atoms with van der Waals surface area (Å²) in [6, 6.07) is 5.44. The lowest BCUT2D eigenvalue weighted by atomic mass is 9.94. The van der Waals surface area contributed by atoms with Gasteiger partial charge in [0.05, 0.1) is 0 Å². The van der Waals surface area contributed by atoms with Gasteiger partial charge >= 0.3 is 0 Å². The van der Waals surface area contributed by atoms with Crippen LogP contribution in [0.2, 0.25) is 0 Å². The minimum absolute atomic E-state index is 0.832. The Morgan fingerprint density at radius 3 is 2.58 bits per heavy atom. The Bertz CT molecular complexity index is 355. The fourth-order valence-corrected chi connectivity index (χ4v) is 4.01. The highest BCUT2D eigenvalue weighted by Crippen LogP contribution is 2.25. The van der Waals surface area contributed by atoms with Crippen molar-refractivity contribution in [2.75, 3.05) is 13.1 Å². The molecular formula is C16H28N2S. The zero-order chi connectivity index (χ0) is 13.5. The van der Waals surface area contributed by atoms with E-state index in [0.29, 0.717) is 0 Å². The fourth-order valence-electron chi connectivity index (χ4n) is 3.00. The molecule has 1 aliphatic carbocycles. The largest absolute Gasteiger partial charge is 0.312 e. The molecule has 0 bridgehead atoms. The number of hydrogen-bond donors (Lipinski definition) is 1. The van der Waals surface area contributed by atoms with Gasteiger partial charge in [-0.3, -0.25) is 4.90 Å². The van der Waals surface area contributed by atoms with Crippen molar-refractivity contribution in [3.63, 3.8) is 0 Å². The summed E-state index contributed by atoms with van der Waals surface area (Å²) in [5, 5.41) is 3.41. The average Bonchev–Trinajstić information content (AvgIpc) is 2.91. The number of nitrogens with zero attached hydrogens (tertiary/aromatic N) is 1. The molecule has 1 saturated carbocycles. The van der Waals surface area contributed by atoms with Gasteiger partial charge in [0.2, 0.25) is 0 Å². The van der Waals surface area contributed by atoms with E-state index in [2.05, 4.69) is 36.2 Å². The maximum atomic E-state index is 3.41. The lowest BCUT2D eigenvalue weighted by Gasteiger charge is -2.33. The van der Waals surface area contributed by atoms with Crippen molar-refractivity contribution in [3.05, 3.63) is 21.9 Å². The Morgan fingerprint density at radius 2 is 1.89 bits per heavy atom. The third-order valence-electron chi connectivity index (χ3n) is 4.12. The van der Waals surface area contributed by atoms with Gasteiger partial charge in [-0.15, -0.1) is 11.3 Å². The molecule has 1 aromatic heterocycles. The first-order chi connectivity index (χ1) is 9.33. The molecule has 1 fully saturated rings. The van der Waals surface area contributed by atoms with Gasteiger partial charge in [-0.05, 0) is 38.1 Å². The molecule has 0 radical (unpaired) electrons. The van der Waals surface area contributed by atoms with Gasteiger partial charge in [-0.1, -0.05) is 33.1 Å². The molecule has 1 aliphatic rings. The average molecular weight is 280 g/mol. The summed E-state index contributed by atoms with van der Waals surface area (Å²) in [5.41, 5.74) is 0. The summed E-state index contributed by atoms with van der Waals surface area (Å²) < 4.78 is 0. The number of rotatable bonds is 7. The molecule has 19 heavy (non-hydrogen) atoms. The smallest absolute Gasteiger partial charge is 0.0330 e.